The molecule has 13 heavy (non-hydrogen) atoms. The smallest absolute Gasteiger partial charge is 0.180 e. The Labute approximate surface area is 76.0 Å². The lowest BCUT2D eigenvalue weighted by Gasteiger charge is -2.02. The first kappa shape index (κ1) is 7.91. The van der Waals surface area contributed by atoms with Gasteiger partial charge in [-0.2, -0.15) is 0 Å². The van der Waals surface area contributed by atoms with Crippen LogP contribution in [0.15, 0.2) is 18.5 Å². The molecule has 0 atom stereocenters. The zero-order valence-electron chi connectivity index (χ0n) is 7.61. The number of aromatic nitrogens is 2. The first-order chi connectivity index (χ1) is 6.20. The van der Waals surface area contributed by atoms with E-state index in [-0.39, 0.29) is 0 Å². The van der Waals surface area contributed by atoms with Crippen LogP contribution in [0.5, 0.6) is 5.75 Å². The van der Waals surface area contributed by atoms with Gasteiger partial charge in [0.25, 0.3) is 0 Å². The minimum Gasteiger partial charge on any atom is -0.493 e. The number of nitrogen functional groups attached to an aromatic ring is 1. The fourth-order valence-electron chi connectivity index (χ4n) is 1.36. The maximum atomic E-state index is 5.68. The second-order valence-corrected chi connectivity index (χ2v) is 2.95. The fourth-order valence-corrected chi connectivity index (χ4v) is 1.36. The quantitative estimate of drug-likeness (QED) is 0.712. The number of nitrogens with two attached hydrogens (primary N) is 1. The van der Waals surface area contributed by atoms with Gasteiger partial charge in [0.2, 0.25) is 0 Å². The van der Waals surface area contributed by atoms with Crippen molar-refractivity contribution in [2.45, 2.75) is 6.92 Å². The molecule has 0 aromatic carbocycles. The van der Waals surface area contributed by atoms with E-state index in [0.29, 0.717) is 11.4 Å². The molecule has 0 aliphatic rings. The number of imidazole rings is 1. The van der Waals surface area contributed by atoms with Gasteiger partial charge < -0.3 is 14.9 Å². The van der Waals surface area contributed by atoms with Crippen LogP contribution in [-0.4, -0.2) is 16.5 Å². The fraction of sp³-hybridized carbons (Fsp3) is 0.222. The predicted octanol–water partition coefficient (Wildman–Crippen LogP) is 1.23. The lowest BCUT2D eigenvalue weighted by Crippen LogP contribution is -1.94. The summed E-state index contributed by atoms with van der Waals surface area (Å²) >= 11 is 0. The highest BCUT2D eigenvalue weighted by atomic mass is 16.5. The van der Waals surface area contributed by atoms with Crippen LogP contribution in [-0.2, 0) is 0 Å². The summed E-state index contributed by atoms with van der Waals surface area (Å²) in [7, 11) is 1.61. The number of aryl methyl sites for hydroxylation is 1. The Morgan fingerprint density at radius 3 is 2.92 bits per heavy atom. The van der Waals surface area contributed by atoms with Gasteiger partial charge in [-0.1, -0.05) is 0 Å². The van der Waals surface area contributed by atoms with E-state index in [1.807, 2.05) is 23.7 Å². The molecule has 0 bridgehead atoms. The highest BCUT2D eigenvalue weighted by Gasteiger charge is 2.05. The number of anilines is 1. The van der Waals surface area contributed by atoms with Gasteiger partial charge in [-0.25, -0.2) is 4.98 Å². The van der Waals surface area contributed by atoms with Crippen molar-refractivity contribution in [2.75, 3.05) is 12.8 Å². The Hall–Kier alpha value is -1.71. The third-order valence-electron chi connectivity index (χ3n) is 1.88. The molecule has 2 N–H and O–H groups in total. The Balaban J connectivity index is 2.80. The van der Waals surface area contributed by atoms with Gasteiger partial charge in [-0.3, -0.25) is 0 Å². The van der Waals surface area contributed by atoms with Crippen LogP contribution >= 0.6 is 0 Å². The van der Waals surface area contributed by atoms with E-state index < -0.39 is 0 Å². The molecule has 0 saturated carbocycles. The molecule has 2 aromatic rings. The first-order valence-electron chi connectivity index (χ1n) is 3.99. The average Bonchev–Trinajstić information content (AvgIpc) is 2.43. The van der Waals surface area contributed by atoms with Crippen LogP contribution in [0.25, 0.3) is 5.65 Å². The largest absolute Gasteiger partial charge is 0.493 e. The topological polar surface area (TPSA) is 52.5 Å². The Bertz CT molecular complexity index is 447. The Morgan fingerprint density at radius 1 is 1.46 bits per heavy atom. The molecular weight excluding hydrogens is 166 g/mol. The number of nitrogens with zero attached hydrogens (tertiary/aromatic N) is 2. The van der Waals surface area contributed by atoms with Crippen molar-refractivity contribution in [1.82, 2.24) is 9.38 Å². The summed E-state index contributed by atoms with van der Waals surface area (Å²) in [6.45, 7) is 1.93. The number of rotatable bonds is 1. The molecule has 0 aliphatic carbocycles. The second-order valence-electron chi connectivity index (χ2n) is 2.95. The number of fused-ring (bicyclic) bond motifs is 1. The minimum absolute atomic E-state index is 0.668. The number of hydrogen-bond donors (Lipinski definition) is 1. The van der Waals surface area contributed by atoms with Gasteiger partial charge in [-0.05, 0) is 6.92 Å². The number of methoxy groups -OCH3 is 1. The molecule has 0 radical (unpaired) electrons. The third-order valence-corrected chi connectivity index (χ3v) is 1.88. The molecule has 0 spiro atoms. The van der Waals surface area contributed by atoms with E-state index >= 15 is 0 Å². The van der Waals surface area contributed by atoms with Crippen LogP contribution in [0.1, 0.15) is 5.69 Å². The molecule has 0 fully saturated rings. The molecule has 0 saturated heterocycles. The van der Waals surface area contributed by atoms with Crippen LogP contribution < -0.4 is 10.5 Å². The molecule has 0 unspecified atom stereocenters. The maximum Gasteiger partial charge on any atom is 0.180 e. The summed E-state index contributed by atoms with van der Waals surface area (Å²) in [4.78, 5) is 4.31. The lowest BCUT2D eigenvalue weighted by molar-refractivity contribution is 0.417. The van der Waals surface area contributed by atoms with Crippen LogP contribution in [0.2, 0.25) is 0 Å². The summed E-state index contributed by atoms with van der Waals surface area (Å²) in [6.07, 6.45) is 3.73. The van der Waals surface area contributed by atoms with Crippen molar-refractivity contribution >= 4 is 11.3 Å². The van der Waals surface area contributed by atoms with Crippen molar-refractivity contribution in [2.24, 2.45) is 0 Å². The first-order valence-corrected chi connectivity index (χ1v) is 3.99. The van der Waals surface area contributed by atoms with Crippen LogP contribution in [0.4, 0.5) is 5.69 Å². The predicted molar refractivity (Wildman–Crippen MR) is 50.9 cm³/mol. The molecular formula is C9H11N3O. The normalized spacial score (nSPS) is 10.6. The minimum atomic E-state index is 0.668. The standard InChI is InChI=1S/C9H11N3O/c1-6-4-12-5-7(10)3-8(13-2)9(12)11-6/h3-5H,10H2,1-2H3. The van der Waals surface area contributed by atoms with E-state index in [1.54, 1.807) is 13.2 Å². The van der Waals surface area contributed by atoms with Gasteiger partial charge in [0.15, 0.2) is 11.4 Å². The zero-order valence-corrected chi connectivity index (χ0v) is 7.61. The second kappa shape index (κ2) is 2.65. The van der Waals surface area contributed by atoms with Gasteiger partial charge in [0.1, 0.15) is 0 Å². The van der Waals surface area contributed by atoms with Gasteiger partial charge in [-0.15, -0.1) is 0 Å². The number of hydrogen-bond acceptors (Lipinski definition) is 3. The Morgan fingerprint density at radius 2 is 2.23 bits per heavy atom. The highest BCUT2D eigenvalue weighted by Crippen LogP contribution is 2.21. The van der Waals surface area contributed by atoms with Crippen molar-refractivity contribution in [3.05, 3.63) is 24.2 Å². The van der Waals surface area contributed by atoms with Crippen molar-refractivity contribution in [3.63, 3.8) is 0 Å². The van der Waals surface area contributed by atoms with E-state index in [9.17, 15) is 0 Å². The van der Waals surface area contributed by atoms with Gasteiger partial charge >= 0.3 is 0 Å². The zero-order chi connectivity index (χ0) is 9.42. The van der Waals surface area contributed by atoms with E-state index in [1.165, 1.54) is 0 Å². The van der Waals surface area contributed by atoms with Crippen molar-refractivity contribution < 1.29 is 4.74 Å². The van der Waals surface area contributed by atoms with E-state index in [0.717, 1.165) is 11.3 Å². The molecule has 2 heterocycles. The third kappa shape index (κ3) is 1.20. The summed E-state index contributed by atoms with van der Waals surface area (Å²) in [5.74, 6) is 0.702. The van der Waals surface area contributed by atoms with Crippen LogP contribution in [0, 0.1) is 6.92 Å². The molecule has 68 valence electrons. The molecule has 0 amide bonds. The molecule has 0 aliphatic heterocycles. The molecule has 2 aromatic heterocycles. The molecule has 2 rings (SSSR count). The number of pyridine rings is 1. The summed E-state index contributed by atoms with van der Waals surface area (Å²) in [5.41, 5.74) is 8.10. The van der Waals surface area contributed by atoms with Gasteiger partial charge in [0, 0.05) is 18.5 Å². The van der Waals surface area contributed by atoms with Crippen molar-refractivity contribution in [3.8, 4) is 5.75 Å². The summed E-state index contributed by atoms with van der Waals surface area (Å²) < 4.78 is 7.02. The van der Waals surface area contributed by atoms with E-state index in [4.69, 9.17) is 10.5 Å². The van der Waals surface area contributed by atoms with Crippen molar-refractivity contribution in [1.29, 1.82) is 0 Å². The Kier molecular flexibility index (Phi) is 1.62. The van der Waals surface area contributed by atoms with E-state index in [2.05, 4.69) is 4.98 Å². The molecule has 4 nitrogen and oxygen atoms in total. The SMILES string of the molecule is COc1cc(N)cn2cc(C)nc12. The summed E-state index contributed by atoms with van der Waals surface area (Å²) in [6, 6.07) is 1.77. The highest BCUT2D eigenvalue weighted by molar-refractivity contribution is 5.60. The molecule has 4 heteroatoms. The van der Waals surface area contributed by atoms with Crippen LogP contribution in [0.3, 0.4) is 0 Å². The number of ether oxygens (including phenoxy) is 1. The van der Waals surface area contributed by atoms with Gasteiger partial charge in [0.05, 0.1) is 18.5 Å². The lowest BCUT2D eigenvalue weighted by atomic mass is 10.4. The maximum absolute atomic E-state index is 5.68. The summed E-state index contributed by atoms with van der Waals surface area (Å²) in [5, 5.41) is 0. The average molecular weight is 177 g/mol. The monoisotopic (exact) mass is 177 g/mol.